The highest BCUT2D eigenvalue weighted by Gasteiger charge is 2.02. The molecule has 0 aliphatic rings. The molecule has 1 heterocycles. The molecule has 0 radical (unpaired) electrons. The second-order valence-corrected chi connectivity index (χ2v) is 6.00. The molecule has 1 aromatic carbocycles. The maximum atomic E-state index is 5.76. The normalized spacial score (nSPS) is 10.8. The fourth-order valence-electron chi connectivity index (χ4n) is 1.77. The van der Waals surface area contributed by atoms with Gasteiger partial charge in [-0.25, -0.2) is 4.98 Å². The summed E-state index contributed by atoms with van der Waals surface area (Å²) in [7, 11) is 0. The van der Waals surface area contributed by atoms with E-state index in [0.717, 1.165) is 23.3 Å². The minimum Gasteiger partial charge on any atom is -0.439 e. The van der Waals surface area contributed by atoms with Gasteiger partial charge in [0.2, 0.25) is 5.88 Å². The van der Waals surface area contributed by atoms with Crippen LogP contribution in [0.25, 0.3) is 0 Å². The smallest absolute Gasteiger partial charge is 0.219 e. The first-order valence-corrected chi connectivity index (χ1v) is 7.52. The summed E-state index contributed by atoms with van der Waals surface area (Å²) in [6.07, 6.45) is 1.78. The fourth-order valence-corrected chi connectivity index (χ4v) is 2.15. The molecule has 0 amide bonds. The van der Waals surface area contributed by atoms with E-state index < -0.39 is 0 Å². The van der Waals surface area contributed by atoms with Gasteiger partial charge in [0.1, 0.15) is 5.75 Å². The van der Waals surface area contributed by atoms with Crippen molar-refractivity contribution in [3.05, 3.63) is 52.6 Å². The minimum atomic E-state index is 0.618. The van der Waals surface area contributed by atoms with Crippen molar-refractivity contribution >= 4 is 15.9 Å². The van der Waals surface area contributed by atoms with E-state index in [-0.39, 0.29) is 0 Å². The van der Waals surface area contributed by atoms with Crippen LogP contribution in [0.5, 0.6) is 11.6 Å². The average Bonchev–Trinajstić information content (AvgIpc) is 2.39. The van der Waals surface area contributed by atoms with Gasteiger partial charge in [-0.3, -0.25) is 0 Å². The zero-order valence-corrected chi connectivity index (χ0v) is 13.4. The Bertz CT molecular complexity index is 558. The monoisotopic (exact) mass is 334 g/mol. The molecular formula is C16H19BrN2O. The number of aromatic nitrogens is 1. The van der Waals surface area contributed by atoms with E-state index in [1.54, 1.807) is 6.20 Å². The van der Waals surface area contributed by atoms with Crippen molar-refractivity contribution in [2.24, 2.45) is 5.92 Å². The summed E-state index contributed by atoms with van der Waals surface area (Å²) >= 11 is 3.43. The highest BCUT2D eigenvalue weighted by molar-refractivity contribution is 9.10. The van der Waals surface area contributed by atoms with Gasteiger partial charge in [0, 0.05) is 23.3 Å². The second kappa shape index (κ2) is 7.41. The third-order valence-corrected chi connectivity index (χ3v) is 3.19. The summed E-state index contributed by atoms with van der Waals surface area (Å²) < 4.78 is 6.75. The Morgan fingerprint density at radius 1 is 1.25 bits per heavy atom. The molecular weight excluding hydrogens is 316 g/mol. The van der Waals surface area contributed by atoms with Crippen LogP contribution in [0, 0.1) is 5.92 Å². The van der Waals surface area contributed by atoms with Gasteiger partial charge in [0.05, 0.1) is 0 Å². The van der Waals surface area contributed by atoms with Crippen LogP contribution in [0.15, 0.2) is 47.1 Å². The molecule has 4 heteroatoms. The molecule has 2 rings (SSSR count). The summed E-state index contributed by atoms with van der Waals surface area (Å²) in [6, 6.07) is 11.7. The summed E-state index contributed by atoms with van der Waals surface area (Å²) in [5.74, 6) is 2.04. The number of ether oxygens (including phenoxy) is 1. The number of benzene rings is 1. The molecule has 2 aromatic rings. The Balaban J connectivity index is 1.99. The average molecular weight is 335 g/mol. The second-order valence-electron chi connectivity index (χ2n) is 5.09. The molecule has 3 nitrogen and oxygen atoms in total. The highest BCUT2D eigenvalue weighted by Crippen LogP contribution is 2.23. The molecule has 106 valence electrons. The van der Waals surface area contributed by atoms with E-state index in [1.165, 1.54) is 5.56 Å². The van der Waals surface area contributed by atoms with Gasteiger partial charge in [-0.15, -0.1) is 0 Å². The molecule has 0 saturated heterocycles. The quantitative estimate of drug-likeness (QED) is 0.851. The maximum absolute atomic E-state index is 5.76. The van der Waals surface area contributed by atoms with Crippen molar-refractivity contribution in [3.63, 3.8) is 0 Å². The first-order valence-electron chi connectivity index (χ1n) is 6.72. The zero-order valence-electron chi connectivity index (χ0n) is 11.8. The van der Waals surface area contributed by atoms with Crippen LogP contribution in [-0.2, 0) is 6.54 Å². The van der Waals surface area contributed by atoms with Crippen molar-refractivity contribution in [2.45, 2.75) is 20.4 Å². The Morgan fingerprint density at radius 2 is 2.10 bits per heavy atom. The third kappa shape index (κ3) is 4.94. The Hall–Kier alpha value is -1.39. The lowest BCUT2D eigenvalue weighted by atomic mass is 10.2. The summed E-state index contributed by atoms with van der Waals surface area (Å²) in [5.41, 5.74) is 1.17. The molecule has 0 aliphatic carbocycles. The first-order chi connectivity index (χ1) is 9.63. The van der Waals surface area contributed by atoms with Crippen LogP contribution >= 0.6 is 15.9 Å². The van der Waals surface area contributed by atoms with Gasteiger partial charge in [-0.05, 0) is 42.3 Å². The van der Waals surface area contributed by atoms with E-state index in [4.69, 9.17) is 4.74 Å². The van der Waals surface area contributed by atoms with Crippen molar-refractivity contribution in [1.29, 1.82) is 0 Å². The van der Waals surface area contributed by atoms with Crippen LogP contribution in [0.1, 0.15) is 19.4 Å². The predicted molar refractivity (Wildman–Crippen MR) is 85.0 cm³/mol. The predicted octanol–water partition coefficient (Wildman–Crippen LogP) is 4.38. The molecule has 0 aliphatic heterocycles. The van der Waals surface area contributed by atoms with E-state index in [9.17, 15) is 0 Å². The lowest BCUT2D eigenvalue weighted by Gasteiger charge is -2.09. The number of hydrogen-bond acceptors (Lipinski definition) is 3. The third-order valence-electron chi connectivity index (χ3n) is 2.70. The van der Waals surface area contributed by atoms with E-state index in [0.29, 0.717) is 11.8 Å². The number of pyridine rings is 1. The number of halogens is 1. The Labute approximate surface area is 128 Å². The molecule has 0 unspecified atom stereocenters. The first kappa shape index (κ1) is 15.0. The maximum Gasteiger partial charge on any atom is 0.219 e. The van der Waals surface area contributed by atoms with E-state index in [1.807, 2.05) is 36.4 Å². The largest absolute Gasteiger partial charge is 0.439 e. The molecule has 0 bridgehead atoms. The van der Waals surface area contributed by atoms with Crippen LogP contribution in [0.4, 0.5) is 0 Å². The van der Waals surface area contributed by atoms with Crippen LogP contribution < -0.4 is 10.1 Å². The van der Waals surface area contributed by atoms with Crippen LogP contribution in [0.2, 0.25) is 0 Å². The molecule has 0 spiro atoms. The molecule has 0 atom stereocenters. The summed E-state index contributed by atoms with van der Waals surface area (Å²) in [6.45, 7) is 6.22. The molecule has 1 aromatic heterocycles. The van der Waals surface area contributed by atoms with Crippen molar-refractivity contribution in [2.75, 3.05) is 6.54 Å². The van der Waals surface area contributed by atoms with Crippen molar-refractivity contribution in [3.8, 4) is 11.6 Å². The molecule has 20 heavy (non-hydrogen) atoms. The number of hydrogen-bond donors (Lipinski definition) is 1. The topological polar surface area (TPSA) is 34.2 Å². The Kier molecular flexibility index (Phi) is 5.56. The molecule has 0 fully saturated rings. The molecule has 1 N–H and O–H groups in total. The molecule has 0 saturated carbocycles. The highest BCUT2D eigenvalue weighted by atomic mass is 79.9. The van der Waals surface area contributed by atoms with Gasteiger partial charge in [-0.1, -0.05) is 35.8 Å². The Morgan fingerprint density at radius 3 is 2.85 bits per heavy atom. The number of nitrogens with zero attached hydrogens (tertiary/aromatic N) is 1. The van der Waals surface area contributed by atoms with Crippen molar-refractivity contribution in [1.82, 2.24) is 10.3 Å². The number of nitrogens with one attached hydrogen (secondary N) is 1. The van der Waals surface area contributed by atoms with Crippen LogP contribution in [-0.4, -0.2) is 11.5 Å². The SMILES string of the molecule is CC(C)CNCc1ccnc(Oc2cccc(Br)c2)c1. The zero-order chi connectivity index (χ0) is 14.4. The van der Waals surface area contributed by atoms with E-state index >= 15 is 0 Å². The minimum absolute atomic E-state index is 0.618. The van der Waals surface area contributed by atoms with Gasteiger partial charge < -0.3 is 10.1 Å². The lowest BCUT2D eigenvalue weighted by Crippen LogP contribution is -2.18. The number of rotatable bonds is 6. The van der Waals surface area contributed by atoms with Crippen molar-refractivity contribution < 1.29 is 4.74 Å². The lowest BCUT2D eigenvalue weighted by molar-refractivity contribution is 0.461. The standard InChI is InChI=1S/C16H19BrN2O/c1-12(2)10-18-11-13-6-7-19-16(8-13)20-15-5-3-4-14(17)9-15/h3-9,12,18H,10-11H2,1-2H3. The van der Waals surface area contributed by atoms with Gasteiger partial charge >= 0.3 is 0 Å². The van der Waals surface area contributed by atoms with Crippen LogP contribution in [0.3, 0.4) is 0 Å². The van der Waals surface area contributed by atoms with Gasteiger partial charge in [0.15, 0.2) is 0 Å². The van der Waals surface area contributed by atoms with Gasteiger partial charge in [-0.2, -0.15) is 0 Å². The fraction of sp³-hybridized carbons (Fsp3) is 0.312. The van der Waals surface area contributed by atoms with Gasteiger partial charge in [0.25, 0.3) is 0 Å². The summed E-state index contributed by atoms with van der Waals surface area (Å²) in [4.78, 5) is 4.24. The summed E-state index contributed by atoms with van der Waals surface area (Å²) in [5, 5.41) is 3.41. The van der Waals surface area contributed by atoms with E-state index in [2.05, 4.69) is 40.1 Å².